The van der Waals surface area contributed by atoms with E-state index in [1.165, 1.54) is 0 Å². The number of allylic oxidation sites excluding steroid dienone is 2. The Kier molecular flexibility index (Phi) is 13.5. The average molecular weight is 527 g/mol. The van der Waals surface area contributed by atoms with Crippen LogP contribution in [0.1, 0.15) is 90.4 Å². The van der Waals surface area contributed by atoms with Crippen LogP contribution in [-0.2, 0) is 14.3 Å². The Labute approximate surface area is 221 Å². The lowest BCUT2D eigenvalue weighted by atomic mass is 9.62. The molecule has 0 aromatic carbocycles. The van der Waals surface area contributed by atoms with Crippen molar-refractivity contribution < 1.29 is 24.5 Å². The third kappa shape index (κ3) is 9.16. The second-order valence-corrected chi connectivity index (χ2v) is 11.2. The van der Waals surface area contributed by atoms with Gasteiger partial charge in [0.05, 0.1) is 6.10 Å². The van der Waals surface area contributed by atoms with Crippen molar-refractivity contribution in [1.82, 2.24) is 0 Å². The molecule has 1 unspecified atom stereocenters. The van der Waals surface area contributed by atoms with Crippen LogP contribution in [0, 0.1) is 17.3 Å². The number of carbonyl (C=O) groups excluding carboxylic acids is 1. The Bertz CT molecular complexity index is 734. The minimum Gasteiger partial charge on any atom is -0.481 e. The molecule has 0 heterocycles. The summed E-state index contributed by atoms with van der Waals surface area (Å²) in [5.74, 6) is -1.07. The first kappa shape index (κ1) is 30.8. The van der Waals surface area contributed by atoms with Gasteiger partial charge in [0.15, 0.2) is 0 Å². The third-order valence-corrected chi connectivity index (χ3v) is 8.68. The molecule has 206 valence electrons. The molecule has 36 heavy (non-hydrogen) atoms. The minimum atomic E-state index is -0.780. The summed E-state index contributed by atoms with van der Waals surface area (Å²) in [5, 5.41) is 19.3. The predicted octanol–water partition coefficient (Wildman–Crippen LogP) is 4.69. The zero-order chi connectivity index (χ0) is 26.6. The highest BCUT2D eigenvalue weighted by Gasteiger charge is 2.45. The van der Waals surface area contributed by atoms with Crippen molar-refractivity contribution in [1.29, 1.82) is 0 Å². The van der Waals surface area contributed by atoms with E-state index in [9.17, 15) is 14.7 Å². The number of hydrogen-bond acceptors (Lipinski definition) is 6. The second kappa shape index (κ2) is 15.8. The number of hydrogen-bond donors (Lipinski definition) is 4. The molecule has 8 heteroatoms. The maximum absolute atomic E-state index is 12.7. The molecule has 7 nitrogen and oxygen atoms in total. The Morgan fingerprint density at radius 1 is 1.19 bits per heavy atom. The Morgan fingerprint density at radius 2 is 1.94 bits per heavy atom. The van der Waals surface area contributed by atoms with Crippen LogP contribution in [-0.4, -0.2) is 52.3 Å². The summed E-state index contributed by atoms with van der Waals surface area (Å²) in [6, 6.07) is -0.627. The first-order chi connectivity index (χ1) is 17.2. The van der Waals surface area contributed by atoms with Crippen molar-refractivity contribution >= 4 is 23.5 Å². The highest BCUT2D eigenvalue weighted by molar-refractivity contribution is 6.21. The van der Waals surface area contributed by atoms with Crippen LogP contribution in [0.25, 0.3) is 0 Å². The van der Waals surface area contributed by atoms with Crippen LogP contribution < -0.4 is 11.5 Å². The van der Waals surface area contributed by atoms with E-state index in [2.05, 4.69) is 25.2 Å². The van der Waals surface area contributed by atoms with Gasteiger partial charge in [-0.05, 0) is 70.3 Å². The van der Waals surface area contributed by atoms with Gasteiger partial charge in [-0.2, -0.15) is 0 Å². The summed E-state index contributed by atoms with van der Waals surface area (Å²) in [6.45, 7) is 2.74. The highest BCUT2D eigenvalue weighted by atomic mass is 35.5. The predicted molar refractivity (Wildman–Crippen MR) is 144 cm³/mol. The molecule has 0 aromatic heterocycles. The van der Waals surface area contributed by atoms with Gasteiger partial charge in [0.1, 0.15) is 12.1 Å². The van der Waals surface area contributed by atoms with Crippen molar-refractivity contribution in [2.45, 2.75) is 114 Å². The fourth-order valence-corrected chi connectivity index (χ4v) is 6.03. The van der Waals surface area contributed by atoms with Crippen molar-refractivity contribution in [2.24, 2.45) is 28.7 Å². The number of carboxylic acid groups (broad SMARTS) is 1. The minimum absolute atomic E-state index is 0.00161. The summed E-state index contributed by atoms with van der Waals surface area (Å²) in [7, 11) is 0. The fraction of sp³-hybridized carbons (Fsp3) is 0.786. The Morgan fingerprint density at radius 3 is 2.56 bits per heavy atom. The second-order valence-electron chi connectivity index (χ2n) is 10.6. The number of carbonyl (C=O) groups is 2. The van der Waals surface area contributed by atoms with Gasteiger partial charge in [0.25, 0.3) is 0 Å². The monoisotopic (exact) mass is 526 g/mol. The number of aliphatic hydroxyl groups excluding tert-OH is 1. The smallest absolute Gasteiger partial charge is 0.323 e. The number of halogens is 1. The fourth-order valence-electron chi connectivity index (χ4n) is 5.58. The molecule has 0 saturated heterocycles. The summed E-state index contributed by atoms with van der Waals surface area (Å²) in [6.07, 6.45) is 17.2. The number of ether oxygens (including phenoxy) is 1. The molecule has 2 aliphatic rings. The van der Waals surface area contributed by atoms with Crippen LogP contribution in [0.4, 0.5) is 0 Å². The van der Waals surface area contributed by atoms with Crippen molar-refractivity contribution in [3.63, 3.8) is 0 Å². The molecule has 2 saturated carbocycles. The maximum atomic E-state index is 12.7. The summed E-state index contributed by atoms with van der Waals surface area (Å²) in [5.41, 5.74) is 11.7. The molecule has 0 amide bonds. The van der Waals surface area contributed by atoms with Crippen LogP contribution >= 0.6 is 11.6 Å². The summed E-state index contributed by atoms with van der Waals surface area (Å²) < 4.78 is 6.01. The van der Waals surface area contributed by atoms with Crippen LogP contribution in [0.2, 0.25) is 0 Å². The first-order valence-corrected chi connectivity index (χ1v) is 14.2. The third-order valence-electron chi connectivity index (χ3n) is 8.18. The Hall–Kier alpha value is -1.41. The lowest BCUT2D eigenvalue weighted by molar-refractivity contribution is -0.163. The van der Waals surface area contributed by atoms with E-state index in [0.717, 1.165) is 51.4 Å². The molecule has 0 radical (unpaired) electrons. The van der Waals surface area contributed by atoms with Gasteiger partial charge >= 0.3 is 11.9 Å². The van der Waals surface area contributed by atoms with E-state index >= 15 is 0 Å². The number of aliphatic carboxylic acids is 1. The molecule has 0 bridgehead atoms. The molecule has 6 N–H and O–H groups in total. The van der Waals surface area contributed by atoms with E-state index in [0.29, 0.717) is 32.2 Å². The number of alkyl halides is 1. The van der Waals surface area contributed by atoms with Crippen LogP contribution in [0.3, 0.4) is 0 Å². The van der Waals surface area contributed by atoms with E-state index in [1.807, 2.05) is 6.08 Å². The Balaban J connectivity index is 1.98. The average Bonchev–Trinajstić information content (AvgIpc) is 3.07. The number of carboxylic acids is 1. The number of esters is 1. The van der Waals surface area contributed by atoms with Crippen molar-refractivity contribution in [3.8, 4) is 0 Å². The molecule has 2 fully saturated rings. The van der Waals surface area contributed by atoms with E-state index in [1.54, 1.807) is 0 Å². The first-order valence-electron chi connectivity index (χ1n) is 13.8. The van der Waals surface area contributed by atoms with E-state index in [4.69, 9.17) is 32.9 Å². The molecule has 2 aliphatic carbocycles. The summed E-state index contributed by atoms with van der Waals surface area (Å²) >= 11 is 6.58. The van der Waals surface area contributed by atoms with Gasteiger partial charge in [-0.25, -0.2) is 0 Å². The number of unbranched alkanes of at least 4 members (excludes halogenated alkanes) is 2. The molecule has 0 spiro atoms. The van der Waals surface area contributed by atoms with Crippen molar-refractivity contribution in [3.05, 3.63) is 24.3 Å². The van der Waals surface area contributed by atoms with Gasteiger partial charge in [-0.3, -0.25) is 9.59 Å². The molecule has 0 aromatic rings. The quantitative estimate of drug-likeness (QED) is 0.0934. The molecule has 2 rings (SSSR count). The van der Waals surface area contributed by atoms with Crippen molar-refractivity contribution in [2.75, 3.05) is 6.54 Å². The van der Waals surface area contributed by atoms with Gasteiger partial charge in [-0.1, -0.05) is 44.1 Å². The molecular weight excluding hydrogens is 480 g/mol. The van der Waals surface area contributed by atoms with Crippen LogP contribution in [0.5, 0.6) is 0 Å². The van der Waals surface area contributed by atoms with Gasteiger partial charge < -0.3 is 26.4 Å². The number of aliphatic hydroxyl groups is 1. The number of rotatable bonds is 17. The van der Waals surface area contributed by atoms with Crippen LogP contribution in [0.15, 0.2) is 24.3 Å². The SMILES string of the molecule is CCC1(C(C/C=C/[C@@H]2[C@@H](C/C=C\CCCC(=O)O)[C@H](Cl)C[C@H]2O)OC(=O)[C@@H](N)CCCCN)CCC1. The lowest BCUT2D eigenvalue weighted by Gasteiger charge is -2.46. The topological polar surface area (TPSA) is 136 Å². The van der Waals surface area contributed by atoms with Gasteiger partial charge in [0.2, 0.25) is 0 Å². The highest BCUT2D eigenvalue weighted by Crippen LogP contribution is 2.49. The maximum Gasteiger partial charge on any atom is 0.323 e. The molecule has 6 atom stereocenters. The van der Waals surface area contributed by atoms with Gasteiger partial charge in [-0.15, -0.1) is 11.6 Å². The largest absolute Gasteiger partial charge is 0.481 e. The standard InChI is InChI=1S/C28H47ClN2O5/c1-2-28(16-10-17-28)25(36-27(35)23(31)13-7-8-18-30)14-9-12-21-20(22(29)19-24(21)32)11-5-3-4-6-15-26(33)34/h3,5,9,12,20-25,32H,2,4,6-8,10-11,13-19,30-31H2,1H3,(H,33,34)/b5-3-,12-9+/t20-,21-,22-,23+,24-,25?/m1/s1. The molecular formula is C28H47ClN2O5. The number of nitrogens with two attached hydrogens (primary N) is 2. The van der Waals surface area contributed by atoms with E-state index < -0.39 is 18.1 Å². The zero-order valence-corrected chi connectivity index (χ0v) is 22.6. The van der Waals surface area contributed by atoms with E-state index in [-0.39, 0.29) is 41.1 Å². The lowest BCUT2D eigenvalue weighted by Crippen LogP contribution is -2.46. The normalized spacial score (nSPS) is 27.2. The zero-order valence-electron chi connectivity index (χ0n) is 21.8. The van der Waals surface area contributed by atoms with Gasteiger partial charge in [0, 0.05) is 29.6 Å². The molecule has 0 aliphatic heterocycles. The summed E-state index contributed by atoms with van der Waals surface area (Å²) in [4.78, 5) is 23.4.